The van der Waals surface area contributed by atoms with Gasteiger partial charge in [-0.2, -0.15) is 0 Å². The Labute approximate surface area is 95.3 Å². The molecule has 2 aromatic carbocycles. The Morgan fingerprint density at radius 2 is 1.82 bits per heavy atom. The number of nitrogen functional groups attached to an aromatic ring is 1. The molecule has 0 aliphatic rings. The first-order chi connectivity index (χ1) is 8.09. The lowest BCUT2D eigenvalue weighted by molar-refractivity contribution is 0.179. The van der Waals surface area contributed by atoms with Gasteiger partial charge in [-0.3, -0.25) is 19.9 Å². The molecule has 2 aromatic rings. The second-order valence-electron chi connectivity index (χ2n) is 3.46. The lowest BCUT2D eigenvalue weighted by atomic mass is 10.2. The van der Waals surface area contributed by atoms with Crippen LogP contribution in [0, 0.1) is 5.82 Å². The van der Waals surface area contributed by atoms with Gasteiger partial charge in [-0.05, 0) is 17.7 Å². The molecule has 6 heteroatoms. The van der Waals surface area contributed by atoms with Gasteiger partial charge in [-0.25, -0.2) is 4.39 Å². The van der Waals surface area contributed by atoms with Crippen molar-refractivity contribution in [1.29, 1.82) is 0 Å². The van der Waals surface area contributed by atoms with Crippen LogP contribution in [0.2, 0.25) is 0 Å². The van der Waals surface area contributed by atoms with Crippen LogP contribution >= 0.6 is 0 Å². The molecule has 0 spiro atoms. The molecular formula is C11H9FN2O3. The molecule has 0 fully saturated rings. The summed E-state index contributed by atoms with van der Waals surface area (Å²) >= 11 is 0. The van der Waals surface area contributed by atoms with E-state index in [1.54, 1.807) is 12.1 Å². The molecular weight excluding hydrogens is 227 g/mol. The fraction of sp³-hybridized carbons (Fsp3) is 0.0909. The SMILES string of the molecule is Nc1c(NOCc2ccc(F)cc2)c(=O)c1=O. The minimum atomic E-state index is -0.710. The molecule has 0 bridgehead atoms. The first-order valence-electron chi connectivity index (χ1n) is 4.80. The lowest BCUT2D eigenvalue weighted by Crippen LogP contribution is -2.37. The Morgan fingerprint density at radius 1 is 1.18 bits per heavy atom. The fourth-order valence-electron chi connectivity index (χ4n) is 1.28. The number of anilines is 2. The maximum atomic E-state index is 12.6. The van der Waals surface area contributed by atoms with Crippen LogP contribution in [-0.4, -0.2) is 0 Å². The molecule has 0 saturated carbocycles. The van der Waals surface area contributed by atoms with E-state index in [0.717, 1.165) is 5.56 Å². The molecule has 2 rings (SSSR count). The largest absolute Gasteiger partial charge is 0.394 e. The lowest BCUT2D eigenvalue weighted by Gasteiger charge is -2.09. The zero-order valence-electron chi connectivity index (χ0n) is 8.70. The van der Waals surface area contributed by atoms with Crippen LogP contribution in [0.25, 0.3) is 0 Å². The average Bonchev–Trinajstić information content (AvgIpc) is 2.35. The molecule has 17 heavy (non-hydrogen) atoms. The van der Waals surface area contributed by atoms with Crippen LogP contribution in [-0.2, 0) is 11.4 Å². The van der Waals surface area contributed by atoms with E-state index in [1.807, 2.05) is 0 Å². The quantitative estimate of drug-likeness (QED) is 0.598. The minimum Gasteiger partial charge on any atom is -0.394 e. The van der Waals surface area contributed by atoms with E-state index < -0.39 is 10.9 Å². The van der Waals surface area contributed by atoms with Gasteiger partial charge in [0, 0.05) is 0 Å². The molecule has 5 nitrogen and oxygen atoms in total. The Kier molecular flexibility index (Phi) is 2.88. The maximum absolute atomic E-state index is 12.6. The third kappa shape index (κ3) is 2.16. The van der Waals surface area contributed by atoms with Gasteiger partial charge in [0.1, 0.15) is 17.2 Å². The van der Waals surface area contributed by atoms with Crippen molar-refractivity contribution in [1.82, 2.24) is 0 Å². The second-order valence-corrected chi connectivity index (χ2v) is 3.46. The summed E-state index contributed by atoms with van der Waals surface area (Å²) in [6, 6.07) is 5.68. The van der Waals surface area contributed by atoms with Gasteiger partial charge in [0.15, 0.2) is 0 Å². The van der Waals surface area contributed by atoms with Crippen LogP contribution in [0.4, 0.5) is 15.8 Å². The van der Waals surface area contributed by atoms with Crippen LogP contribution in [0.15, 0.2) is 33.9 Å². The zero-order chi connectivity index (χ0) is 12.4. The second kappa shape index (κ2) is 4.34. The van der Waals surface area contributed by atoms with Gasteiger partial charge in [-0.15, -0.1) is 0 Å². The van der Waals surface area contributed by atoms with Gasteiger partial charge in [0.2, 0.25) is 0 Å². The van der Waals surface area contributed by atoms with E-state index >= 15 is 0 Å². The summed E-state index contributed by atoms with van der Waals surface area (Å²) in [5.74, 6) is -0.339. The van der Waals surface area contributed by atoms with Gasteiger partial charge >= 0.3 is 0 Å². The number of rotatable bonds is 4. The highest BCUT2D eigenvalue weighted by molar-refractivity contribution is 5.70. The summed E-state index contributed by atoms with van der Waals surface area (Å²) in [6.07, 6.45) is 0. The smallest absolute Gasteiger partial charge is 0.255 e. The highest BCUT2D eigenvalue weighted by atomic mass is 19.1. The van der Waals surface area contributed by atoms with Crippen LogP contribution in [0.5, 0.6) is 0 Å². The van der Waals surface area contributed by atoms with Crippen molar-refractivity contribution in [2.45, 2.75) is 6.61 Å². The topological polar surface area (TPSA) is 81.4 Å². The summed E-state index contributed by atoms with van der Waals surface area (Å²) in [7, 11) is 0. The van der Waals surface area contributed by atoms with Gasteiger partial charge in [0.05, 0.1) is 6.61 Å². The van der Waals surface area contributed by atoms with Crippen molar-refractivity contribution in [3.8, 4) is 0 Å². The first kappa shape index (κ1) is 11.3. The van der Waals surface area contributed by atoms with Crippen molar-refractivity contribution >= 4 is 11.4 Å². The van der Waals surface area contributed by atoms with Gasteiger partial charge in [-0.1, -0.05) is 12.1 Å². The predicted octanol–water partition coefficient (Wildman–Crippen LogP) is 0.548. The van der Waals surface area contributed by atoms with Crippen molar-refractivity contribution in [2.24, 2.45) is 0 Å². The molecule has 0 unspecified atom stereocenters. The number of hydrogen-bond donors (Lipinski definition) is 2. The summed E-state index contributed by atoms with van der Waals surface area (Å²) in [4.78, 5) is 26.7. The van der Waals surface area contributed by atoms with E-state index in [1.165, 1.54) is 12.1 Å². The third-order valence-corrected chi connectivity index (χ3v) is 2.27. The minimum absolute atomic E-state index is 0.0305. The normalized spacial score (nSPS) is 10.6. The highest BCUT2D eigenvalue weighted by Gasteiger charge is 2.17. The number of nitrogens with two attached hydrogens (primary N) is 1. The Hall–Kier alpha value is -2.21. The van der Waals surface area contributed by atoms with Crippen molar-refractivity contribution < 1.29 is 9.23 Å². The van der Waals surface area contributed by atoms with Gasteiger partial charge in [0.25, 0.3) is 10.9 Å². The summed E-state index contributed by atoms with van der Waals surface area (Å²) in [5.41, 5.74) is 6.73. The number of hydrogen-bond acceptors (Lipinski definition) is 5. The van der Waals surface area contributed by atoms with E-state index in [-0.39, 0.29) is 23.8 Å². The van der Waals surface area contributed by atoms with E-state index in [4.69, 9.17) is 10.6 Å². The van der Waals surface area contributed by atoms with Crippen molar-refractivity contribution in [2.75, 3.05) is 11.2 Å². The first-order valence-corrected chi connectivity index (χ1v) is 4.80. The molecule has 0 radical (unpaired) electrons. The molecule has 88 valence electrons. The van der Waals surface area contributed by atoms with Gasteiger partial charge < -0.3 is 5.73 Å². The number of benzene rings is 1. The fourth-order valence-corrected chi connectivity index (χ4v) is 1.28. The predicted molar refractivity (Wildman–Crippen MR) is 60.6 cm³/mol. The monoisotopic (exact) mass is 236 g/mol. The molecule has 0 heterocycles. The van der Waals surface area contributed by atoms with Crippen LogP contribution in [0.3, 0.4) is 0 Å². The number of halogens is 1. The highest BCUT2D eigenvalue weighted by Crippen LogP contribution is 2.10. The molecule has 0 aliphatic carbocycles. The van der Waals surface area contributed by atoms with E-state index in [2.05, 4.69) is 5.48 Å². The average molecular weight is 236 g/mol. The molecule has 0 amide bonds. The Bertz CT molecular complexity index is 600. The zero-order valence-corrected chi connectivity index (χ0v) is 8.70. The van der Waals surface area contributed by atoms with E-state index in [0.29, 0.717) is 0 Å². The number of nitrogens with one attached hydrogen (secondary N) is 1. The molecule has 0 atom stereocenters. The van der Waals surface area contributed by atoms with Crippen LogP contribution < -0.4 is 22.1 Å². The summed E-state index contributed by atoms with van der Waals surface area (Å²) in [6.45, 7) is 0.124. The van der Waals surface area contributed by atoms with Crippen molar-refractivity contribution in [3.05, 3.63) is 56.1 Å². The Morgan fingerprint density at radius 3 is 2.41 bits per heavy atom. The molecule has 0 aliphatic heterocycles. The van der Waals surface area contributed by atoms with Crippen molar-refractivity contribution in [3.63, 3.8) is 0 Å². The van der Waals surface area contributed by atoms with E-state index in [9.17, 15) is 14.0 Å². The summed E-state index contributed by atoms with van der Waals surface area (Å²) < 4.78 is 12.6. The molecule has 0 saturated heterocycles. The third-order valence-electron chi connectivity index (χ3n) is 2.27. The van der Waals surface area contributed by atoms with Crippen LogP contribution in [0.1, 0.15) is 5.56 Å². The molecule has 3 N–H and O–H groups in total. The molecule has 0 aromatic heterocycles. The maximum Gasteiger partial charge on any atom is 0.255 e. The standard InChI is InChI=1S/C11H9FN2O3/c12-7-3-1-6(2-4-7)5-17-14-9-8(13)10(15)11(9)16/h1-4,14H,5,13H2. The Balaban J connectivity index is 1.91. The summed E-state index contributed by atoms with van der Waals surface area (Å²) in [5, 5.41) is 0.